The molecule has 2 unspecified atom stereocenters. The molecule has 1 aliphatic heterocycles. The van der Waals surface area contributed by atoms with Gasteiger partial charge in [-0.3, -0.25) is 4.79 Å². The summed E-state index contributed by atoms with van der Waals surface area (Å²) < 4.78 is 48.5. The third kappa shape index (κ3) is 3.65. The van der Waals surface area contributed by atoms with Gasteiger partial charge in [-0.25, -0.2) is 4.79 Å². The first-order valence-electron chi connectivity index (χ1n) is 10.1. The SMILES string of the molecule is CC1(C)OC[C@@H](COC(=O)C23CC4CC(C2)C(OC(=O)C(C)(F)F)C(C4)C3)O1. The van der Waals surface area contributed by atoms with Crippen LogP contribution in [-0.2, 0) is 28.5 Å². The van der Waals surface area contributed by atoms with E-state index >= 15 is 0 Å². The number of carbonyl (C=O) groups excluding carboxylic acids is 2. The van der Waals surface area contributed by atoms with Crippen LogP contribution in [0.2, 0.25) is 0 Å². The molecule has 0 N–H and O–H groups in total. The van der Waals surface area contributed by atoms with Gasteiger partial charge in [0, 0.05) is 6.92 Å². The van der Waals surface area contributed by atoms with E-state index in [4.69, 9.17) is 18.9 Å². The summed E-state index contributed by atoms with van der Waals surface area (Å²) in [5, 5.41) is 0. The van der Waals surface area contributed by atoms with Crippen LogP contribution in [0.1, 0.15) is 52.9 Å². The quantitative estimate of drug-likeness (QED) is 0.659. The highest BCUT2D eigenvalue weighted by atomic mass is 19.3. The molecule has 6 nitrogen and oxygen atoms in total. The Bertz CT molecular complexity index is 642. The van der Waals surface area contributed by atoms with Crippen molar-refractivity contribution in [3.8, 4) is 0 Å². The van der Waals surface area contributed by atoms with Gasteiger partial charge in [0.05, 0.1) is 12.0 Å². The second-order valence-electron chi connectivity index (χ2n) is 9.56. The smallest absolute Gasteiger partial charge is 0.376 e. The van der Waals surface area contributed by atoms with Crippen LogP contribution >= 0.6 is 0 Å². The molecular formula is C20H28F2O6. The molecule has 0 aromatic carbocycles. The van der Waals surface area contributed by atoms with E-state index in [-0.39, 0.29) is 30.5 Å². The van der Waals surface area contributed by atoms with Gasteiger partial charge in [-0.05, 0) is 63.7 Å². The number of carbonyl (C=O) groups is 2. The van der Waals surface area contributed by atoms with Gasteiger partial charge in [0.2, 0.25) is 0 Å². The number of hydrogen-bond acceptors (Lipinski definition) is 6. The minimum Gasteiger partial charge on any atom is -0.462 e. The maximum Gasteiger partial charge on any atom is 0.376 e. The third-order valence-corrected chi connectivity index (χ3v) is 6.69. The second kappa shape index (κ2) is 6.62. The van der Waals surface area contributed by atoms with Crippen molar-refractivity contribution in [2.75, 3.05) is 13.2 Å². The zero-order valence-corrected chi connectivity index (χ0v) is 16.5. The van der Waals surface area contributed by atoms with E-state index in [1.54, 1.807) is 0 Å². The fourth-order valence-corrected chi connectivity index (χ4v) is 5.81. The van der Waals surface area contributed by atoms with Gasteiger partial charge in [-0.15, -0.1) is 0 Å². The lowest BCUT2D eigenvalue weighted by molar-refractivity contribution is -0.209. The average Bonchev–Trinajstić information content (AvgIpc) is 2.93. The van der Waals surface area contributed by atoms with E-state index in [9.17, 15) is 18.4 Å². The van der Waals surface area contributed by atoms with Crippen molar-refractivity contribution in [2.45, 2.75) is 76.8 Å². The molecule has 5 rings (SSSR count). The number of rotatable bonds is 5. The second-order valence-corrected chi connectivity index (χ2v) is 9.56. The summed E-state index contributed by atoms with van der Waals surface area (Å²) in [7, 11) is 0. The molecule has 4 aliphatic carbocycles. The lowest BCUT2D eigenvalue weighted by Gasteiger charge is -2.57. The summed E-state index contributed by atoms with van der Waals surface area (Å²) in [4.78, 5) is 24.6. The van der Waals surface area contributed by atoms with Crippen LogP contribution in [0.3, 0.4) is 0 Å². The molecule has 0 amide bonds. The summed E-state index contributed by atoms with van der Waals surface area (Å²) in [6.45, 7) is 4.71. The van der Waals surface area contributed by atoms with Crippen molar-refractivity contribution < 1.29 is 37.3 Å². The number of esters is 2. The monoisotopic (exact) mass is 402 g/mol. The van der Waals surface area contributed by atoms with E-state index in [0.29, 0.717) is 32.3 Å². The maximum atomic E-state index is 13.3. The molecule has 1 heterocycles. The van der Waals surface area contributed by atoms with Gasteiger partial charge in [-0.1, -0.05) is 0 Å². The number of alkyl halides is 2. The van der Waals surface area contributed by atoms with Gasteiger partial charge < -0.3 is 18.9 Å². The Morgan fingerprint density at radius 3 is 2.32 bits per heavy atom. The molecule has 4 bridgehead atoms. The maximum absolute atomic E-state index is 13.3. The average molecular weight is 402 g/mol. The van der Waals surface area contributed by atoms with Gasteiger partial charge >= 0.3 is 17.9 Å². The van der Waals surface area contributed by atoms with Crippen molar-refractivity contribution >= 4 is 11.9 Å². The predicted octanol–water partition coefficient (Wildman–Crippen LogP) is 3.07. The molecular weight excluding hydrogens is 374 g/mol. The van der Waals surface area contributed by atoms with E-state index in [2.05, 4.69) is 0 Å². The normalized spacial score (nSPS) is 41.1. The molecule has 3 atom stereocenters. The Kier molecular flexibility index (Phi) is 4.73. The van der Waals surface area contributed by atoms with Crippen molar-refractivity contribution in [2.24, 2.45) is 23.2 Å². The van der Waals surface area contributed by atoms with Gasteiger partial charge in [0.1, 0.15) is 18.8 Å². The van der Waals surface area contributed by atoms with Crippen LogP contribution in [0.5, 0.6) is 0 Å². The van der Waals surface area contributed by atoms with E-state index in [1.165, 1.54) is 0 Å². The summed E-state index contributed by atoms with van der Waals surface area (Å²) in [5.74, 6) is -5.65. The standard InChI is InChI=1S/C20H28F2O6/c1-18(2)26-10-14(28-18)9-25-17(24)20-6-11-4-12(7-20)15(13(5-11)8-20)27-16(23)19(3,21)22/h11-15H,4-10H2,1-3H3/t11?,12?,13?,14-,15?,20?/m1/s1. The molecule has 5 aliphatic rings. The van der Waals surface area contributed by atoms with Crippen molar-refractivity contribution in [3.05, 3.63) is 0 Å². The van der Waals surface area contributed by atoms with Crippen LogP contribution in [0, 0.1) is 23.2 Å². The topological polar surface area (TPSA) is 71.1 Å². The largest absolute Gasteiger partial charge is 0.462 e. The summed E-state index contributed by atoms with van der Waals surface area (Å²) in [5.41, 5.74) is -0.594. The zero-order valence-electron chi connectivity index (χ0n) is 16.5. The van der Waals surface area contributed by atoms with E-state index in [0.717, 1.165) is 19.3 Å². The molecule has 8 heteroatoms. The molecule has 1 saturated heterocycles. The van der Waals surface area contributed by atoms with Crippen LogP contribution in [0.25, 0.3) is 0 Å². The van der Waals surface area contributed by atoms with Crippen LogP contribution < -0.4 is 0 Å². The fourth-order valence-electron chi connectivity index (χ4n) is 5.81. The molecule has 0 aromatic heterocycles. The number of ether oxygens (including phenoxy) is 4. The first kappa shape index (κ1) is 20.0. The number of halogens is 2. The predicted molar refractivity (Wildman–Crippen MR) is 92.4 cm³/mol. The highest BCUT2D eigenvalue weighted by Crippen LogP contribution is 2.61. The molecule has 158 valence electrons. The van der Waals surface area contributed by atoms with Crippen LogP contribution in [-0.4, -0.2) is 49.1 Å². The molecule has 0 aromatic rings. The lowest BCUT2D eigenvalue weighted by Crippen LogP contribution is -2.58. The summed E-state index contributed by atoms with van der Waals surface area (Å²) in [6.07, 6.45) is 2.63. The first-order chi connectivity index (χ1) is 13.0. The van der Waals surface area contributed by atoms with Crippen LogP contribution in [0.15, 0.2) is 0 Å². The fraction of sp³-hybridized carbons (Fsp3) is 0.900. The van der Waals surface area contributed by atoms with Gasteiger partial charge in [0.25, 0.3) is 0 Å². The minimum atomic E-state index is -3.50. The number of hydrogen-bond donors (Lipinski definition) is 0. The van der Waals surface area contributed by atoms with Crippen molar-refractivity contribution in [3.63, 3.8) is 0 Å². The molecule has 4 saturated carbocycles. The van der Waals surface area contributed by atoms with E-state index < -0.39 is 29.2 Å². The highest BCUT2D eigenvalue weighted by Gasteiger charge is 2.61. The molecule has 0 radical (unpaired) electrons. The van der Waals surface area contributed by atoms with Gasteiger partial charge in [0.15, 0.2) is 5.79 Å². The molecule has 0 spiro atoms. The van der Waals surface area contributed by atoms with Crippen LogP contribution in [0.4, 0.5) is 8.78 Å². The van der Waals surface area contributed by atoms with Crippen molar-refractivity contribution in [1.82, 2.24) is 0 Å². The minimum absolute atomic E-state index is 0.0601. The Morgan fingerprint density at radius 1 is 1.14 bits per heavy atom. The van der Waals surface area contributed by atoms with Gasteiger partial charge in [-0.2, -0.15) is 8.78 Å². The molecule has 5 fully saturated rings. The third-order valence-electron chi connectivity index (χ3n) is 6.69. The Balaban J connectivity index is 1.39. The Morgan fingerprint density at radius 2 is 1.79 bits per heavy atom. The van der Waals surface area contributed by atoms with Crippen molar-refractivity contribution in [1.29, 1.82) is 0 Å². The Labute approximate surface area is 163 Å². The summed E-state index contributed by atoms with van der Waals surface area (Å²) in [6, 6.07) is 0. The zero-order chi connectivity index (χ0) is 20.3. The first-order valence-corrected chi connectivity index (χ1v) is 10.1. The Hall–Kier alpha value is -1.28. The highest BCUT2D eigenvalue weighted by molar-refractivity contribution is 5.78. The molecule has 28 heavy (non-hydrogen) atoms. The summed E-state index contributed by atoms with van der Waals surface area (Å²) >= 11 is 0. The van der Waals surface area contributed by atoms with E-state index in [1.807, 2.05) is 13.8 Å². The lowest BCUT2D eigenvalue weighted by atomic mass is 9.48.